The Morgan fingerprint density at radius 2 is 2.29 bits per heavy atom. The van der Waals surface area contributed by atoms with E-state index >= 15 is 0 Å². The van der Waals surface area contributed by atoms with Crippen molar-refractivity contribution in [1.82, 2.24) is 5.32 Å². The summed E-state index contributed by atoms with van der Waals surface area (Å²) in [4.78, 5) is 0. The zero-order valence-corrected chi connectivity index (χ0v) is 10.1. The molecule has 1 atom stereocenters. The number of halogens is 1. The Hall–Kier alpha value is -0.340. The van der Waals surface area contributed by atoms with Crippen LogP contribution in [0.15, 0.2) is 22.7 Å². The highest BCUT2D eigenvalue weighted by molar-refractivity contribution is 9.10. The predicted octanol–water partition coefficient (Wildman–Crippen LogP) is 3.26. The van der Waals surface area contributed by atoms with Crippen LogP contribution in [0.2, 0.25) is 0 Å². The zero-order valence-electron chi connectivity index (χ0n) is 8.52. The molecule has 2 rings (SSSR count). The van der Waals surface area contributed by atoms with Crippen LogP contribution < -0.4 is 5.32 Å². The minimum atomic E-state index is 0.689. The monoisotopic (exact) mass is 253 g/mol. The molecule has 0 bridgehead atoms. The molecule has 0 aromatic heterocycles. The molecule has 1 aromatic carbocycles. The molecule has 0 saturated carbocycles. The molecule has 0 radical (unpaired) electrons. The number of hydrogen-bond donors (Lipinski definition) is 1. The van der Waals surface area contributed by atoms with Gasteiger partial charge in [0.05, 0.1) is 0 Å². The highest BCUT2D eigenvalue weighted by Crippen LogP contribution is 2.22. The molecular weight excluding hydrogens is 238 g/mol. The number of benzene rings is 1. The molecule has 0 spiro atoms. The summed E-state index contributed by atoms with van der Waals surface area (Å²) in [6, 6.07) is 7.31. The first-order chi connectivity index (χ1) is 6.79. The molecule has 0 fully saturated rings. The van der Waals surface area contributed by atoms with Crippen molar-refractivity contribution in [2.45, 2.75) is 38.8 Å². The van der Waals surface area contributed by atoms with Gasteiger partial charge in [0.1, 0.15) is 0 Å². The Labute approximate surface area is 94.0 Å². The van der Waals surface area contributed by atoms with Crippen LogP contribution in [0.4, 0.5) is 0 Å². The SMILES string of the molecule is CCCC1Cc2ccc(Br)cc2CN1. The lowest BCUT2D eigenvalue weighted by Gasteiger charge is -2.26. The Balaban J connectivity index is 2.15. The van der Waals surface area contributed by atoms with E-state index in [1.807, 2.05) is 0 Å². The van der Waals surface area contributed by atoms with Crippen LogP contribution in [-0.4, -0.2) is 6.04 Å². The second-order valence-electron chi connectivity index (χ2n) is 3.98. The smallest absolute Gasteiger partial charge is 0.0211 e. The third kappa shape index (κ3) is 2.18. The highest BCUT2D eigenvalue weighted by Gasteiger charge is 2.16. The summed E-state index contributed by atoms with van der Waals surface area (Å²) in [5, 5.41) is 3.58. The van der Waals surface area contributed by atoms with Crippen molar-refractivity contribution < 1.29 is 0 Å². The molecule has 76 valence electrons. The predicted molar refractivity (Wildman–Crippen MR) is 63.4 cm³/mol. The summed E-state index contributed by atoms with van der Waals surface area (Å²) in [6.45, 7) is 3.28. The second kappa shape index (κ2) is 4.45. The van der Waals surface area contributed by atoms with Crippen molar-refractivity contribution in [2.24, 2.45) is 0 Å². The maximum Gasteiger partial charge on any atom is 0.0211 e. The Kier molecular flexibility index (Phi) is 3.24. The summed E-state index contributed by atoms with van der Waals surface area (Å²) >= 11 is 3.51. The van der Waals surface area contributed by atoms with E-state index in [1.165, 1.54) is 34.9 Å². The second-order valence-corrected chi connectivity index (χ2v) is 4.90. The molecule has 2 heteroatoms. The minimum absolute atomic E-state index is 0.689. The van der Waals surface area contributed by atoms with Gasteiger partial charge in [-0.3, -0.25) is 0 Å². The molecule has 1 unspecified atom stereocenters. The molecule has 1 N–H and O–H groups in total. The number of nitrogens with one attached hydrogen (secondary N) is 1. The van der Waals surface area contributed by atoms with E-state index in [0.717, 1.165) is 6.54 Å². The standard InChI is InChI=1S/C12H16BrN/c1-2-3-12-7-9-4-5-11(13)6-10(9)8-14-12/h4-6,12,14H,2-3,7-8H2,1H3. The first-order valence-corrected chi connectivity index (χ1v) is 6.09. The fourth-order valence-corrected chi connectivity index (χ4v) is 2.51. The molecule has 0 saturated heterocycles. The summed E-state index contributed by atoms with van der Waals surface area (Å²) in [7, 11) is 0. The fourth-order valence-electron chi connectivity index (χ4n) is 2.10. The van der Waals surface area contributed by atoms with Crippen molar-refractivity contribution in [3.63, 3.8) is 0 Å². The van der Waals surface area contributed by atoms with Crippen molar-refractivity contribution in [3.8, 4) is 0 Å². The first-order valence-electron chi connectivity index (χ1n) is 5.30. The molecule has 14 heavy (non-hydrogen) atoms. The van der Waals surface area contributed by atoms with Gasteiger partial charge in [-0.15, -0.1) is 0 Å². The van der Waals surface area contributed by atoms with Gasteiger partial charge in [0.15, 0.2) is 0 Å². The van der Waals surface area contributed by atoms with Gasteiger partial charge >= 0.3 is 0 Å². The number of rotatable bonds is 2. The lowest BCUT2D eigenvalue weighted by atomic mass is 9.94. The van der Waals surface area contributed by atoms with E-state index in [9.17, 15) is 0 Å². The van der Waals surface area contributed by atoms with Gasteiger partial charge in [-0.2, -0.15) is 0 Å². The van der Waals surface area contributed by atoms with Gasteiger partial charge in [-0.25, -0.2) is 0 Å². The van der Waals surface area contributed by atoms with E-state index < -0.39 is 0 Å². The maximum atomic E-state index is 3.58. The lowest BCUT2D eigenvalue weighted by Crippen LogP contribution is -2.35. The molecule has 1 heterocycles. The Morgan fingerprint density at radius 1 is 1.43 bits per heavy atom. The largest absolute Gasteiger partial charge is 0.310 e. The first kappa shape index (κ1) is 10.2. The van der Waals surface area contributed by atoms with Gasteiger partial charge in [-0.05, 0) is 36.1 Å². The Bertz CT molecular complexity index is 322. The van der Waals surface area contributed by atoms with E-state index in [-0.39, 0.29) is 0 Å². The molecular formula is C12H16BrN. The van der Waals surface area contributed by atoms with Crippen molar-refractivity contribution >= 4 is 15.9 Å². The molecule has 0 amide bonds. The molecule has 1 aliphatic heterocycles. The summed E-state index contributed by atoms with van der Waals surface area (Å²) in [5.74, 6) is 0. The van der Waals surface area contributed by atoms with Gasteiger partial charge in [0.25, 0.3) is 0 Å². The van der Waals surface area contributed by atoms with Crippen LogP contribution in [0.5, 0.6) is 0 Å². The Morgan fingerprint density at radius 3 is 3.07 bits per heavy atom. The van der Waals surface area contributed by atoms with Crippen LogP contribution in [0.25, 0.3) is 0 Å². The highest BCUT2D eigenvalue weighted by atomic mass is 79.9. The minimum Gasteiger partial charge on any atom is -0.310 e. The van der Waals surface area contributed by atoms with Crippen LogP contribution in [0.1, 0.15) is 30.9 Å². The summed E-state index contributed by atoms with van der Waals surface area (Å²) in [5.41, 5.74) is 2.97. The summed E-state index contributed by atoms with van der Waals surface area (Å²) in [6.07, 6.45) is 3.75. The third-order valence-electron chi connectivity index (χ3n) is 2.85. The van der Waals surface area contributed by atoms with Gasteiger partial charge < -0.3 is 5.32 Å². The van der Waals surface area contributed by atoms with E-state index in [0.29, 0.717) is 6.04 Å². The molecule has 1 nitrogen and oxygen atoms in total. The van der Waals surface area contributed by atoms with Crippen LogP contribution >= 0.6 is 15.9 Å². The zero-order chi connectivity index (χ0) is 9.97. The van der Waals surface area contributed by atoms with E-state index in [1.54, 1.807) is 0 Å². The average Bonchev–Trinajstić information content (AvgIpc) is 2.19. The van der Waals surface area contributed by atoms with Crippen molar-refractivity contribution in [1.29, 1.82) is 0 Å². The van der Waals surface area contributed by atoms with Gasteiger partial charge in [0, 0.05) is 17.1 Å². The molecule has 1 aromatic rings. The van der Waals surface area contributed by atoms with Crippen LogP contribution in [0.3, 0.4) is 0 Å². The van der Waals surface area contributed by atoms with Crippen LogP contribution in [-0.2, 0) is 13.0 Å². The fraction of sp³-hybridized carbons (Fsp3) is 0.500. The molecule has 1 aliphatic rings. The topological polar surface area (TPSA) is 12.0 Å². The third-order valence-corrected chi connectivity index (χ3v) is 3.35. The van der Waals surface area contributed by atoms with Gasteiger partial charge in [0.2, 0.25) is 0 Å². The molecule has 0 aliphatic carbocycles. The van der Waals surface area contributed by atoms with Crippen LogP contribution in [0, 0.1) is 0 Å². The van der Waals surface area contributed by atoms with Crippen molar-refractivity contribution in [3.05, 3.63) is 33.8 Å². The summed E-state index contributed by atoms with van der Waals surface area (Å²) < 4.78 is 1.19. The average molecular weight is 254 g/mol. The number of fused-ring (bicyclic) bond motifs is 1. The quantitative estimate of drug-likeness (QED) is 0.854. The normalized spacial score (nSPS) is 20.6. The van der Waals surface area contributed by atoms with Crippen molar-refractivity contribution in [2.75, 3.05) is 0 Å². The maximum absolute atomic E-state index is 3.58. The van der Waals surface area contributed by atoms with E-state index in [2.05, 4.69) is 46.4 Å². The van der Waals surface area contributed by atoms with E-state index in [4.69, 9.17) is 0 Å². The lowest BCUT2D eigenvalue weighted by molar-refractivity contribution is 0.448. The van der Waals surface area contributed by atoms with Gasteiger partial charge in [-0.1, -0.05) is 35.3 Å². The number of hydrogen-bond acceptors (Lipinski definition) is 1.